The van der Waals surface area contributed by atoms with Crippen molar-refractivity contribution in [3.05, 3.63) is 0 Å². The second-order valence-electron chi connectivity index (χ2n) is 5.54. The van der Waals surface area contributed by atoms with Crippen molar-refractivity contribution in [2.45, 2.75) is 51.9 Å². The molecular weight excluding hydrogens is 170 g/mol. The molecule has 14 heavy (non-hydrogen) atoms. The van der Waals surface area contributed by atoms with Crippen LogP contribution >= 0.6 is 0 Å². The smallest absolute Gasteiger partial charge is 0.0802 e. The number of quaternary nitrogens is 1. The molecule has 1 N–H and O–H groups in total. The Bertz CT molecular complexity index is 161. The molecule has 1 heteroatoms. The predicted octanol–water partition coefficient (Wildman–Crippen LogP) is 1.88. The molecule has 2 fully saturated rings. The van der Waals surface area contributed by atoms with Crippen molar-refractivity contribution < 1.29 is 4.90 Å². The molecule has 2 unspecified atom stereocenters. The Balaban J connectivity index is 1.76. The highest BCUT2D eigenvalue weighted by Gasteiger charge is 2.26. The van der Waals surface area contributed by atoms with Gasteiger partial charge in [-0.2, -0.15) is 0 Å². The molecule has 0 aromatic rings. The molecule has 0 aromatic carbocycles. The van der Waals surface area contributed by atoms with E-state index in [0.717, 1.165) is 11.8 Å². The van der Waals surface area contributed by atoms with E-state index in [1.54, 1.807) is 0 Å². The van der Waals surface area contributed by atoms with Crippen LogP contribution in [0.1, 0.15) is 51.9 Å². The summed E-state index contributed by atoms with van der Waals surface area (Å²) in [6.07, 6.45) is 10.5. The van der Waals surface area contributed by atoms with Crippen molar-refractivity contribution in [3.8, 4) is 0 Å². The molecule has 1 saturated carbocycles. The van der Waals surface area contributed by atoms with Gasteiger partial charge < -0.3 is 4.90 Å². The summed E-state index contributed by atoms with van der Waals surface area (Å²) in [7, 11) is 0. The fourth-order valence-electron chi connectivity index (χ4n) is 3.32. The van der Waals surface area contributed by atoms with Crippen LogP contribution in [0.25, 0.3) is 0 Å². The molecule has 2 aliphatic rings. The lowest BCUT2D eigenvalue weighted by Gasteiger charge is -2.33. The molecule has 2 atom stereocenters. The zero-order valence-electron chi connectivity index (χ0n) is 9.73. The Labute approximate surface area is 88.9 Å². The normalized spacial score (nSPS) is 35.8. The Hall–Kier alpha value is -0.0400. The van der Waals surface area contributed by atoms with E-state index in [0.29, 0.717) is 0 Å². The number of piperidine rings is 1. The average Bonchev–Trinajstić information content (AvgIpc) is 2.23. The van der Waals surface area contributed by atoms with Gasteiger partial charge in [-0.05, 0) is 31.6 Å². The molecule has 0 bridgehead atoms. The van der Waals surface area contributed by atoms with Gasteiger partial charge in [-0.3, -0.25) is 0 Å². The van der Waals surface area contributed by atoms with Crippen LogP contribution in [0, 0.1) is 11.8 Å². The van der Waals surface area contributed by atoms with Crippen LogP contribution in [0.5, 0.6) is 0 Å². The zero-order chi connectivity index (χ0) is 9.80. The highest BCUT2D eigenvalue weighted by molar-refractivity contribution is 4.71. The molecule has 0 aromatic heterocycles. The number of rotatable bonds is 2. The van der Waals surface area contributed by atoms with Crippen molar-refractivity contribution >= 4 is 0 Å². The first-order chi connectivity index (χ1) is 6.86. The molecule has 1 aliphatic heterocycles. The maximum Gasteiger partial charge on any atom is 0.0802 e. The van der Waals surface area contributed by atoms with Crippen molar-refractivity contribution in [1.82, 2.24) is 0 Å². The van der Waals surface area contributed by atoms with E-state index in [2.05, 4.69) is 6.92 Å². The Morgan fingerprint density at radius 1 is 0.929 bits per heavy atom. The van der Waals surface area contributed by atoms with Gasteiger partial charge in [0.05, 0.1) is 19.6 Å². The first-order valence-corrected chi connectivity index (χ1v) is 6.70. The highest BCUT2D eigenvalue weighted by Crippen LogP contribution is 2.28. The fraction of sp³-hybridized carbons (Fsp3) is 1.00. The van der Waals surface area contributed by atoms with Gasteiger partial charge in [-0.1, -0.05) is 26.2 Å². The van der Waals surface area contributed by atoms with Crippen molar-refractivity contribution in [3.63, 3.8) is 0 Å². The molecule has 1 saturated heterocycles. The van der Waals surface area contributed by atoms with E-state index < -0.39 is 0 Å². The Morgan fingerprint density at radius 3 is 2.36 bits per heavy atom. The van der Waals surface area contributed by atoms with Crippen LogP contribution in [0.15, 0.2) is 0 Å². The standard InChI is InChI=1S/C13H25N/c1-12-7-3-4-8-13(12)11-14-9-5-2-6-10-14/h12-13H,2-11H2,1H3/p+1. The van der Waals surface area contributed by atoms with E-state index in [9.17, 15) is 0 Å². The molecule has 82 valence electrons. The minimum atomic E-state index is 1.01. The lowest BCUT2D eigenvalue weighted by atomic mass is 9.80. The third kappa shape index (κ3) is 2.73. The average molecular weight is 196 g/mol. The summed E-state index contributed by atoms with van der Waals surface area (Å²) >= 11 is 0. The summed E-state index contributed by atoms with van der Waals surface area (Å²) in [4.78, 5) is 1.91. The topological polar surface area (TPSA) is 4.44 Å². The SMILES string of the molecule is CC1CCCCC1C[NH+]1CCCCC1. The fourth-order valence-corrected chi connectivity index (χ4v) is 3.32. The Kier molecular flexibility index (Phi) is 3.86. The number of likely N-dealkylation sites (tertiary alicyclic amines) is 1. The van der Waals surface area contributed by atoms with Crippen LogP contribution < -0.4 is 4.90 Å². The van der Waals surface area contributed by atoms with Gasteiger partial charge in [0, 0.05) is 5.92 Å². The molecule has 1 aliphatic carbocycles. The summed E-state index contributed by atoms with van der Waals surface area (Å²) in [6.45, 7) is 6.89. The van der Waals surface area contributed by atoms with Gasteiger partial charge in [0.1, 0.15) is 0 Å². The van der Waals surface area contributed by atoms with E-state index >= 15 is 0 Å². The third-order valence-corrected chi connectivity index (χ3v) is 4.40. The third-order valence-electron chi connectivity index (χ3n) is 4.40. The minimum Gasteiger partial charge on any atom is -0.335 e. The van der Waals surface area contributed by atoms with Crippen LogP contribution in [0.3, 0.4) is 0 Å². The molecular formula is C13H26N+. The molecule has 1 heterocycles. The number of hydrogen-bond donors (Lipinski definition) is 1. The maximum absolute atomic E-state index is 2.48. The van der Waals surface area contributed by atoms with E-state index in [-0.39, 0.29) is 0 Å². The van der Waals surface area contributed by atoms with Gasteiger partial charge in [0.25, 0.3) is 0 Å². The quantitative estimate of drug-likeness (QED) is 0.688. The van der Waals surface area contributed by atoms with Crippen LogP contribution in [0.2, 0.25) is 0 Å². The molecule has 0 radical (unpaired) electrons. The van der Waals surface area contributed by atoms with Gasteiger partial charge in [0.15, 0.2) is 0 Å². The summed E-state index contributed by atoms with van der Waals surface area (Å²) in [6, 6.07) is 0. The lowest BCUT2D eigenvalue weighted by Crippen LogP contribution is -3.13. The lowest BCUT2D eigenvalue weighted by molar-refractivity contribution is -0.908. The molecule has 2 rings (SSSR count). The maximum atomic E-state index is 2.48. The predicted molar refractivity (Wildman–Crippen MR) is 60.5 cm³/mol. The van der Waals surface area contributed by atoms with Crippen molar-refractivity contribution in [2.75, 3.05) is 19.6 Å². The summed E-state index contributed by atoms with van der Waals surface area (Å²) in [5.41, 5.74) is 0. The first-order valence-electron chi connectivity index (χ1n) is 6.70. The van der Waals surface area contributed by atoms with Crippen molar-refractivity contribution in [1.29, 1.82) is 0 Å². The summed E-state index contributed by atoms with van der Waals surface area (Å²) in [5.74, 6) is 2.06. The number of hydrogen-bond acceptors (Lipinski definition) is 0. The van der Waals surface area contributed by atoms with Crippen molar-refractivity contribution in [2.24, 2.45) is 11.8 Å². The van der Waals surface area contributed by atoms with E-state index in [4.69, 9.17) is 0 Å². The minimum absolute atomic E-state index is 1.01. The Morgan fingerprint density at radius 2 is 1.64 bits per heavy atom. The summed E-state index contributed by atoms with van der Waals surface area (Å²) < 4.78 is 0. The van der Waals surface area contributed by atoms with Gasteiger partial charge in [-0.25, -0.2) is 0 Å². The van der Waals surface area contributed by atoms with Gasteiger partial charge >= 0.3 is 0 Å². The van der Waals surface area contributed by atoms with Crippen LogP contribution in [0.4, 0.5) is 0 Å². The zero-order valence-corrected chi connectivity index (χ0v) is 9.73. The van der Waals surface area contributed by atoms with Gasteiger partial charge in [-0.15, -0.1) is 0 Å². The van der Waals surface area contributed by atoms with Gasteiger partial charge in [0.2, 0.25) is 0 Å². The van der Waals surface area contributed by atoms with Crippen LogP contribution in [-0.2, 0) is 0 Å². The molecule has 0 spiro atoms. The van der Waals surface area contributed by atoms with E-state index in [1.807, 2.05) is 4.90 Å². The summed E-state index contributed by atoms with van der Waals surface area (Å²) in [5, 5.41) is 0. The monoisotopic (exact) mass is 196 g/mol. The largest absolute Gasteiger partial charge is 0.335 e. The molecule has 0 amide bonds. The van der Waals surface area contributed by atoms with Crippen LogP contribution in [-0.4, -0.2) is 19.6 Å². The second kappa shape index (κ2) is 5.16. The first kappa shape index (κ1) is 10.5. The highest BCUT2D eigenvalue weighted by atomic mass is 15.1. The number of nitrogens with one attached hydrogen (secondary N) is 1. The second-order valence-corrected chi connectivity index (χ2v) is 5.54. The van der Waals surface area contributed by atoms with E-state index in [1.165, 1.54) is 64.6 Å². The molecule has 1 nitrogen and oxygen atoms in total.